The highest BCUT2D eigenvalue weighted by molar-refractivity contribution is 5.78. The van der Waals surface area contributed by atoms with E-state index in [-0.39, 0.29) is 11.6 Å². The third-order valence-electron chi connectivity index (χ3n) is 3.99. The van der Waals surface area contributed by atoms with Crippen LogP contribution in [-0.2, 0) is 11.2 Å². The number of unbranched alkanes of at least 4 members (excludes halogenated alkanes) is 2. The number of carbonyl (C=O) groups is 1. The highest BCUT2D eigenvalue weighted by Crippen LogP contribution is 2.28. The van der Waals surface area contributed by atoms with Crippen molar-refractivity contribution >= 4 is 11.6 Å². The number of non-ortho nitro benzene ring substituents is 1. The largest absolute Gasteiger partial charge is 0.457 e. The summed E-state index contributed by atoms with van der Waals surface area (Å²) in [6.07, 6.45) is 3.59. The van der Waals surface area contributed by atoms with Crippen molar-refractivity contribution in [2.45, 2.75) is 39.5 Å². The first kappa shape index (κ1) is 19.4. The molecule has 1 amide bonds. The summed E-state index contributed by atoms with van der Waals surface area (Å²) < 4.78 is 5.77. The second kappa shape index (κ2) is 9.56. The molecule has 6 heteroatoms. The minimum absolute atomic E-state index is 0.0148. The summed E-state index contributed by atoms with van der Waals surface area (Å²) in [4.78, 5) is 22.2. The molecule has 0 heterocycles. The fourth-order valence-electron chi connectivity index (χ4n) is 2.51. The van der Waals surface area contributed by atoms with Crippen LogP contribution in [0.5, 0.6) is 11.5 Å². The molecule has 2 aromatic carbocycles. The standard InChI is InChI=1S/C20H24N2O4/c1-3-4-5-12-21-20(23)14-16-6-9-18(10-7-16)26-19-11-8-17(22(24)25)13-15(19)2/h6-11,13H,3-5,12,14H2,1-2H3,(H,21,23). The number of nitrogens with zero attached hydrogens (tertiary/aromatic N) is 1. The number of carbonyl (C=O) groups excluding carboxylic acids is 1. The van der Waals surface area contributed by atoms with E-state index < -0.39 is 4.92 Å². The number of rotatable bonds is 9. The van der Waals surface area contributed by atoms with Gasteiger partial charge in [0, 0.05) is 18.7 Å². The normalized spacial score (nSPS) is 10.4. The zero-order valence-electron chi connectivity index (χ0n) is 15.2. The number of nitro benzene ring substituents is 1. The molecule has 0 saturated carbocycles. The monoisotopic (exact) mass is 356 g/mol. The highest BCUT2D eigenvalue weighted by atomic mass is 16.6. The van der Waals surface area contributed by atoms with Crippen LogP contribution >= 0.6 is 0 Å². The summed E-state index contributed by atoms with van der Waals surface area (Å²) in [5, 5.41) is 13.7. The van der Waals surface area contributed by atoms with E-state index in [1.54, 1.807) is 25.1 Å². The lowest BCUT2D eigenvalue weighted by Crippen LogP contribution is -2.26. The zero-order chi connectivity index (χ0) is 18.9. The van der Waals surface area contributed by atoms with Gasteiger partial charge in [-0.25, -0.2) is 0 Å². The summed E-state index contributed by atoms with van der Waals surface area (Å²) in [5.41, 5.74) is 1.63. The Hall–Kier alpha value is -2.89. The van der Waals surface area contributed by atoms with Crippen molar-refractivity contribution in [1.82, 2.24) is 5.32 Å². The molecule has 0 aliphatic carbocycles. The molecule has 0 fully saturated rings. The van der Waals surface area contributed by atoms with Crippen LogP contribution in [-0.4, -0.2) is 17.4 Å². The number of aryl methyl sites for hydroxylation is 1. The van der Waals surface area contributed by atoms with Crippen molar-refractivity contribution in [2.24, 2.45) is 0 Å². The van der Waals surface area contributed by atoms with Crippen LogP contribution in [0.25, 0.3) is 0 Å². The topological polar surface area (TPSA) is 81.5 Å². The van der Waals surface area contributed by atoms with Crippen LogP contribution in [0, 0.1) is 17.0 Å². The van der Waals surface area contributed by atoms with Crippen LogP contribution in [0.4, 0.5) is 5.69 Å². The van der Waals surface area contributed by atoms with Gasteiger partial charge in [0.1, 0.15) is 11.5 Å². The number of nitrogens with one attached hydrogen (secondary N) is 1. The number of hydrogen-bond acceptors (Lipinski definition) is 4. The van der Waals surface area contributed by atoms with Gasteiger partial charge in [-0.2, -0.15) is 0 Å². The van der Waals surface area contributed by atoms with Crippen molar-refractivity contribution in [2.75, 3.05) is 6.54 Å². The third kappa shape index (κ3) is 5.88. The van der Waals surface area contributed by atoms with Crippen LogP contribution in [0.1, 0.15) is 37.3 Å². The number of ether oxygens (including phenoxy) is 1. The average Bonchev–Trinajstić information content (AvgIpc) is 2.62. The van der Waals surface area contributed by atoms with Crippen molar-refractivity contribution in [3.05, 3.63) is 63.7 Å². The molecule has 0 aliphatic heterocycles. The fourth-order valence-corrected chi connectivity index (χ4v) is 2.51. The summed E-state index contributed by atoms with van der Waals surface area (Å²) in [5.74, 6) is 1.20. The fraction of sp³-hybridized carbons (Fsp3) is 0.350. The van der Waals surface area contributed by atoms with E-state index in [0.29, 0.717) is 30.0 Å². The maximum absolute atomic E-state index is 11.9. The van der Waals surface area contributed by atoms with E-state index in [1.807, 2.05) is 12.1 Å². The second-order valence-corrected chi connectivity index (χ2v) is 6.19. The summed E-state index contributed by atoms with van der Waals surface area (Å²) in [6.45, 7) is 4.61. The van der Waals surface area contributed by atoms with E-state index in [1.165, 1.54) is 12.1 Å². The van der Waals surface area contributed by atoms with Gasteiger partial charge in [0.05, 0.1) is 11.3 Å². The van der Waals surface area contributed by atoms with Crippen molar-refractivity contribution in [1.29, 1.82) is 0 Å². The molecule has 2 aromatic rings. The molecule has 0 bridgehead atoms. The molecule has 138 valence electrons. The predicted octanol–water partition coefficient (Wildman–Crippen LogP) is 4.54. The van der Waals surface area contributed by atoms with Gasteiger partial charge in [-0.15, -0.1) is 0 Å². The molecule has 0 aromatic heterocycles. The first-order valence-electron chi connectivity index (χ1n) is 8.78. The van der Waals surface area contributed by atoms with E-state index in [9.17, 15) is 14.9 Å². The Morgan fingerprint density at radius 3 is 2.50 bits per heavy atom. The molecule has 6 nitrogen and oxygen atoms in total. The SMILES string of the molecule is CCCCCNC(=O)Cc1ccc(Oc2ccc([N+](=O)[O-])cc2C)cc1. The van der Waals surface area contributed by atoms with Crippen LogP contribution in [0.15, 0.2) is 42.5 Å². The molecular formula is C20H24N2O4. The predicted molar refractivity (Wildman–Crippen MR) is 101 cm³/mol. The van der Waals surface area contributed by atoms with Crippen molar-refractivity contribution < 1.29 is 14.5 Å². The summed E-state index contributed by atoms with van der Waals surface area (Å²) in [6, 6.07) is 11.8. The quantitative estimate of drug-likeness (QED) is 0.406. The van der Waals surface area contributed by atoms with Crippen molar-refractivity contribution in [3.63, 3.8) is 0 Å². The van der Waals surface area contributed by atoms with Crippen molar-refractivity contribution in [3.8, 4) is 11.5 Å². The molecular weight excluding hydrogens is 332 g/mol. The first-order chi connectivity index (χ1) is 12.5. The highest BCUT2D eigenvalue weighted by Gasteiger charge is 2.10. The van der Waals surface area contributed by atoms with Gasteiger partial charge in [0.2, 0.25) is 5.91 Å². The minimum Gasteiger partial charge on any atom is -0.457 e. The van der Waals surface area contributed by atoms with Crippen LogP contribution < -0.4 is 10.1 Å². The molecule has 2 rings (SSSR count). The molecule has 0 unspecified atom stereocenters. The Morgan fingerprint density at radius 2 is 1.88 bits per heavy atom. The molecule has 0 atom stereocenters. The second-order valence-electron chi connectivity index (χ2n) is 6.19. The van der Waals surface area contributed by atoms with Gasteiger partial charge in [0.15, 0.2) is 0 Å². The molecule has 0 radical (unpaired) electrons. The van der Waals surface area contributed by atoms with Crippen LogP contribution in [0.2, 0.25) is 0 Å². The van der Waals surface area contributed by atoms with Crippen LogP contribution in [0.3, 0.4) is 0 Å². The van der Waals surface area contributed by atoms with E-state index in [0.717, 1.165) is 24.8 Å². The van der Waals surface area contributed by atoms with E-state index >= 15 is 0 Å². The number of hydrogen-bond donors (Lipinski definition) is 1. The average molecular weight is 356 g/mol. The lowest BCUT2D eigenvalue weighted by atomic mass is 10.1. The first-order valence-corrected chi connectivity index (χ1v) is 8.78. The number of nitro groups is 1. The Kier molecular flexibility index (Phi) is 7.14. The Labute approximate surface area is 153 Å². The number of amides is 1. The number of benzene rings is 2. The van der Waals surface area contributed by atoms with Gasteiger partial charge >= 0.3 is 0 Å². The molecule has 0 aliphatic rings. The summed E-state index contributed by atoms with van der Waals surface area (Å²) >= 11 is 0. The van der Waals surface area contributed by atoms with Gasteiger partial charge < -0.3 is 10.1 Å². The van der Waals surface area contributed by atoms with Gasteiger partial charge in [-0.3, -0.25) is 14.9 Å². The van der Waals surface area contributed by atoms with E-state index in [4.69, 9.17) is 4.74 Å². The molecule has 0 spiro atoms. The van der Waals surface area contributed by atoms with Gasteiger partial charge in [-0.05, 0) is 42.7 Å². The Morgan fingerprint density at radius 1 is 1.15 bits per heavy atom. The minimum atomic E-state index is -0.432. The maximum atomic E-state index is 11.9. The summed E-state index contributed by atoms with van der Waals surface area (Å²) in [7, 11) is 0. The Balaban J connectivity index is 1.91. The van der Waals surface area contributed by atoms with Gasteiger partial charge in [0.25, 0.3) is 5.69 Å². The van der Waals surface area contributed by atoms with Gasteiger partial charge in [-0.1, -0.05) is 31.9 Å². The third-order valence-corrected chi connectivity index (χ3v) is 3.99. The molecule has 0 saturated heterocycles. The maximum Gasteiger partial charge on any atom is 0.269 e. The van der Waals surface area contributed by atoms with E-state index in [2.05, 4.69) is 12.2 Å². The lowest BCUT2D eigenvalue weighted by molar-refractivity contribution is -0.384. The zero-order valence-corrected chi connectivity index (χ0v) is 15.2. The molecule has 1 N–H and O–H groups in total. The molecule has 26 heavy (non-hydrogen) atoms. The Bertz CT molecular complexity index is 757. The lowest BCUT2D eigenvalue weighted by Gasteiger charge is -2.09. The smallest absolute Gasteiger partial charge is 0.269 e.